The van der Waals surface area contributed by atoms with E-state index in [1.54, 1.807) is 35.2 Å². The molecule has 0 heterocycles. The summed E-state index contributed by atoms with van der Waals surface area (Å²) < 4.78 is 0. The molecule has 0 saturated heterocycles. The van der Waals surface area contributed by atoms with Gasteiger partial charge in [0.25, 0.3) is 0 Å². The monoisotopic (exact) mass is 520 g/mol. The molecule has 4 amide bonds. The fraction of sp³-hybridized carbons (Fsp3) is 0.750. The summed E-state index contributed by atoms with van der Waals surface area (Å²) in [7, 11) is 9.81. The summed E-state index contributed by atoms with van der Waals surface area (Å²) in [6, 6.07) is -0.323. The van der Waals surface area contributed by atoms with Gasteiger partial charge in [-0.25, -0.2) is 20.4 Å². The molecule has 0 spiro atoms. The molecule has 0 aromatic carbocycles. The molecule has 12 nitrogen and oxygen atoms in total. The van der Waals surface area contributed by atoms with Gasteiger partial charge in [0.1, 0.15) is 11.6 Å². The van der Waals surface area contributed by atoms with E-state index in [0.717, 1.165) is 29.5 Å². The molecule has 0 aliphatic rings. The minimum absolute atomic E-state index is 0.119. The Morgan fingerprint density at radius 2 is 0.917 bits per heavy atom. The zero-order valence-corrected chi connectivity index (χ0v) is 25.9. The van der Waals surface area contributed by atoms with Crippen LogP contribution >= 0.6 is 0 Å². The fourth-order valence-corrected chi connectivity index (χ4v) is 1.26. The molecule has 4 N–H and O–H groups in total. The minimum Gasteiger partial charge on any atom is -0.331 e. The van der Waals surface area contributed by atoms with Crippen LogP contribution in [0.15, 0.2) is 10.1 Å². The lowest BCUT2D eigenvalue weighted by molar-refractivity contribution is -0.115. The van der Waals surface area contributed by atoms with Crippen LogP contribution < -0.4 is 11.6 Å². The van der Waals surface area contributed by atoms with Gasteiger partial charge in [0.2, 0.25) is 0 Å². The Labute approximate surface area is 220 Å². The first-order valence-corrected chi connectivity index (χ1v) is 11.4. The van der Waals surface area contributed by atoms with Crippen LogP contribution in [0.25, 0.3) is 0 Å². The molecule has 0 saturated carbocycles. The second kappa shape index (κ2) is 32.1. The lowest BCUT2D eigenvalue weighted by Crippen LogP contribution is -2.40. The first-order valence-electron chi connectivity index (χ1n) is 11.4. The molecule has 0 aliphatic heterocycles. The van der Waals surface area contributed by atoms with Crippen molar-refractivity contribution in [1.82, 2.24) is 19.8 Å². The molecule has 0 radical (unpaired) electrons. The van der Waals surface area contributed by atoms with E-state index in [2.05, 4.69) is 10.1 Å². The van der Waals surface area contributed by atoms with Crippen LogP contribution in [0.3, 0.4) is 0 Å². The van der Waals surface area contributed by atoms with Crippen molar-refractivity contribution >= 4 is 35.1 Å². The van der Waals surface area contributed by atoms with Gasteiger partial charge in [0.15, 0.2) is 0 Å². The Morgan fingerprint density at radius 3 is 1.00 bits per heavy atom. The van der Waals surface area contributed by atoms with Gasteiger partial charge in [-0.05, 0) is 68.9 Å². The van der Waals surface area contributed by atoms with Crippen LogP contribution in [0, 0.1) is 0 Å². The quantitative estimate of drug-likeness (QED) is 0.246. The van der Waals surface area contributed by atoms with Gasteiger partial charge >= 0.3 is 12.1 Å². The van der Waals surface area contributed by atoms with Crippen LogP contribution in [-0.2, 0) is 9.59 Å². The molecule has 0 bridgehead atoms. The second-order valence-corrected chi connectivity index (χ2v) is 8.18. The molecule has 216 valence electrons. The van der Waals surface area contributed by atoms with E-state index in [4.69, 9.17) is 11.6 Å². The van der Waals surface area contributed by atoms with Crippen molar-refractivity contribution in [3.8, 4) is 0 Å². The number of hydrogen-bond acceptors (Lipinski definition) is 8. The third-order valence-electron chi connectivity index (χ3n) is 2.17. The van der Waals surface area contributed by atoms with Crippen molar-refractivity contribution in [1.29, 1.82) is 0 Å². The largest absolute Gasteiger partial charge is 0.339 e. The van der Waals surface area contributed by atoms with E-state index in [1.807, 2.05) is 41.5 Å². The van der Waals surface area contributed by atoms with Crippen LogP contribution in [-0.4, -0.2) is 110 Å². The van der Waals surface area contributed by atoms with E-state index in [1.165, 1.54) is 49.6 Å². The summed E-state index contributed by atoms with van der Waals surface area (Å²) in [5.41, 5.74) is 6.88. The Morgan fingerprint density at radius 1 is 0.639 bits per heavy atom. The molecule has 12 heteroatoms. The number of aliphatic imine (C=N–C) groups is 1. The van der Waals surface area contributed by atoms with Crippen LogP contribution in [0.5, 0.6) is 0 Å². The molecule has 0 aromatic heterocycles. The number of hydrazine groups is 1. The number of ketones is 2. The van der Waals surface area contributed by atoms with Gasteiger partial charge in [-0.2, -0.15) is 5.10 Å². The Bertz CT molecular complexity index is 594. The summed E-state index contributed by atoms with van der Waals surface area (Å²) in [5.74, 6) is 5.41. The Hall–Kier alpha value is -2.86. The number of urea groups is 2. The zero-order valence-electron chi connectivity index (χ0n) is 25.9. The van der Waals surface area contributed by atoms with Gasteiger partial charge in [-0.3, -0.25) is 10.0 Å². The Balaban J connectivity index is -0.0000000799. The van der Waals surface area contributed by atoms with Crippen molar-refractivity contribution in [2.75, 3.05) is 55.4 Å². The SMILES string of the molecule is CC(C)=NN(C)C(=O)N(C)C.CC(C)=O.CC(C)=O.CCN.CCN=C(C)C.CN(C)C(=O)N(C)N. The summed E-state index contributed by atoms with van der Waals surface area (Å²) in [4.78, 5) is 47.5. The third-order valence-corrected chi connectivity index (χ3v) is 2.17. The highest BCUT2D eigenvalue weighted by Crippen LogP contribution is 1.91. The topological polar surface area (TPSA) is 158 Å². The highest BCUT2D eigenvalue weighted by atomic mass is 16.2. The molecule has 0 fully saturated rings. The lowest BCUT2D eigenvalue weighted by atomic mass is 10.5. The average Bonchev–Trinajstić information content (AvgIpc) is 2.66. The van der Waals surface area contributed by atoms with E-state index in [-0.39, 0.29) is 23.6 Å². The maximum absolute atomic E-state index is 11.1. The zero-order chi connectivity index (χ0) is 30.6. The predicted molar refractivity (Wildman–Crippen MR) is 153 cm³/mol. The summed E-state index contributed by atoms with van der Waals surface area (Å²) in [6.07, 6.45) is 0. The van der Waals surface area contributed by atoms with Gasteiger partial charge in [0.05, 0.1) is 0 Å². The van der Waals surface area contributed by atoms with Gasteiger partial charge < -0.3 is 25.1 Å². The first-order chi connectivity index (χ1) is 16.1. The number of Topliss-reactive ketones (excluding diaryl/α,β-unsaturated/α-hetero) is 2. The lowest BCUT2D eigenvalue weighted by Gasteiger charge is -2.16. The standard InChI is InChI=1S/C7H15N3O.C5H11N.C4H11N3O.2C3H6O.C2H7N/c1-6(2)8-10(5)7(11)9(3)4;1-4-6-5(2)3;1-6(2)4(8)7(3)5;2*1-3(2)4;1-2-3/h1-5H3;4H2,1-3H3;5H2,1-3H3;2*1-2H3;2-3H2,1H3. The molecule has 0 unspecified atom stereocenters. The fourth-order valence-electron chi connectivity index (χ4n) is 1.26. The van der Waals surface area contributed by atoms with Crippen molar-refractivity contribution in [2.24, 2.45) is 21.7 Å². The van der Waals surface area contributed by atoms with Crippen molar-refractivity contribution in [3.63, 3.8) is 0 Å². The molecular formula is C24H56N8O4. The van der Waals surface area contributed by atoms with E-state index >= 15 is 0 Å². The van der Waals surface area contributed by atoms with E-state index < -0.39 is 0 Å². The minimum atomic E-state index is -0.204. The molecule has 36 heavy (non-hydrogen) atoms. The van der Waals surface area contributed by atoms with Crippen LogP contribution in [0.2, 0.25) is 0 Å². The highest BCUT2D eigenvalue weighted by Gasteiger charge is 2.07. The number of hydrazone groups is 1. The summed E-state index contributed by atoms with van der Waals surface area (Å²) >= 11 is 0. The molecule has 0 atom stereocenters. The maximum atomic E-state index is 11.1. The summed E-state index contributed by atoms with van der Waals surface area (Å²) in [5, 5.41) is 6.30. The second-order valence-electron chi connectivity index (χ2n) is 8.18. The average molecular weight is 521 g/mol. The number of amides is 4. The van der Waals surface area contributed by atoms with Crippen molar-refractivity contribution in [3.05, 3.63) is 0 Å². The van der Waals surface area contributed by atoms with Crippen LogP contribution in [0.1, 0.15) is 69.2 Å². The maximum Gasteiger partial charge on any atom is 0.339 e. The summed E-state index contributed by atoms with van der Waals surface area (Å²) in [6.45, 7) is 19.4. The van der Waals surface area contributed by atoms with Gasteiger partial charge in [-0.1, -0.05) is 6.92 Å². The van der Waals surface area contributed by atoms with E-state index in [9.17, 15) is 19.2 Å². The number of carbonyl (C=O) groups excluding carboxylic acids is 4. The number of hydrogen-bond donors (Lipinski definition) is 2. The van der Waals surface area contributed by atoms with Crippen molar-refractivity contribution in [2.45, 2.75) is 69.2 Å². The molecular weight excluding hydrogens is 464 g/mol. The first kappa shape index (κ1) is 46.5. The predicted octanol–water partition coefficient (Wildman–Crippen LogP) is 3.11. The smallest absolute Gasteiger partial charge is 0.331 e. The van der Waals surface area contributed by atoms with Crippen LogP contribution in [0.4, 0.5) is 9.59 Å². The molecule has 0 aliphatic carbocycles. The van der Waals surface area contributed by atoms with E-state index in [0.29, 0.717) is 0 Å². The van der Waals surface area contributed by atoms with Gasteiger partial charge in [-0.15, -0.1) is 0 Å². The number of carbonyl (C=O) groups is 4. The number of rotatable bonds is 2. The third kappa shape index (κ3) is 69.7. The number of nitrogens with two attached hydrogens (primary N) is 2. The molecule has 0 rings (SSSR count). The van der Waals surface area contributed by atoms with Gasteiger partial charge in [0, 0.05) is 60.3 Å². The normalized spacial score (nSPS) is 7.83. The Kier molecular flexibility index (Phi) is 41.5. The highest BCUT2D eigenvalue weighted by molar-refractivity contribution is 5.81. The molecule has 0 aromatic rings. The number of nitrogens with zero attached hydrogens (tertiary/aromatic N) is 6. The van der Waals surface area contributed by atoms with Crippen molar-refractivity contribution < 1.29 is 19.2 Å².